The lowest BCUT2D eigenvalue weighted by Gasteiger charge is -2.46. The van der Waals surface area contributed by atoms with Gasteiger partial charge in [0.2, 0.25) is 0 Å². The highest BCUT2D eigenvalue weighted by Gasteiger charge is 2.37. The fraction of sp³-hybridized carbons (Fsp3) is 0.619. The fourth-order valence-electron chi connectivity index (χ4n) is 5.04. The summed E-state index contributed by atoms with van der Waals surface area (Å²) in [5.74, 6) is 0.235. The maximum Gasteiger partial charge on any atom is 0.401 e. The van der Waals surface area contributed by atoms with Gasteiger partial charge in [-0.05, 0) is 44.7 Å². The largest absolute Gasteiger partial charge is 0.401 e. The second kappa shape index (κ2) is 8.65. The van der Waals surface area contributed by atoms with Gasteiger partial charge in [-0.2, -0.15) is 18.4 Å². The Balaban J connectivity index is 1.51. The van der Waals surface area contributed by atoms with Crippen LogP contribution >= 0.6 is 0 Å². The molecular weight excluding hydrogens is 409 g/mol. The molecule has 31 heavy (non-hydrogen) atoms. The molecule has 1 aliphatic heterocycles. The first-order valence-electron chi connectivity index (χ1n) is 10.5. The number of hydrogen-bond donors (Lipinski definition) is 2. The second-order valence-corrected chi connectivity index (χ2v) is 8.68. The van der Waals surface area contributed by atoms with Gasteiger partial charge in [-0.25, -0.2) is 9.88 Å². The van der Waals surface area contributed by atoms with E-state index in [-0.39, 0.29) is 18.5 Å². The number of aromatic nitrogens is 2. The number of nitrogens with one attached hydrogen (secondary N) is 1. The van der Waals surface area contributed by atoms with Crippen molar-refractivity contribution in [1.82, 2.24) is 19.8 Å². The van der Waals surface area contributed by atoms with Crippen LogP contribution in [0.15, 0.2) is 18.5 Å². The highest BCUT2D eigenvalue weighted by atomic mass is 19.4. The number of aliphatic hydroxyl groups excluding tert-OH is 1. The topological polar surface area (TPSA) is 82.4 Å². The summed E-state index contributed by atoms with van der Waals surface area (Å²) >= 11 is 0. The second-order valence-electron chi connectivity index (χ2n) is 8.68. The maximum atomic E-state index is 12.6. The van der Waals surface area contributed by atoms with Crippen molar-refractivity contribution >= 4 is 16.7 Å². The molecule has 0 radical (unpaired) electrons. The summed E-state index contributed by atoms with van der Waals surface area (Å²) in [7, 11) is 1.53. The maximum absolute atomic E-state index is 12.6. The normalized spacial score (nSPS) is 25.1. The minimum Gasteiger partial charge on any atom is -0.374 e. The number of pyridine rings is 1. The zero-order chi connectivity index (χ0) is 22.2. The van der Waals surface area contributed by atoms with Crippen LogP contribution in [0.5, 0.6) is 0 Å². The van der Waals surface area contributed by atoms with Crippen molar-refractivity contribution in [3.8, 4) is 6.07 Å². The molecule has 2 aromatic rings. The monoisotopic (exact) mass is 436 g/mol. The van der Waals surface area contributed by atoms with Gasteiger partial charge in [-0.3, -0.25) is 4.90 Å². The van der Waals surface area contributed by atoms with Crippen LogP contribution in [0.4, 0.5) is 18.9 Å². The molecule has 10 heteroatoms. The molecule has 2 N–H and O–H groups in total. The standard InChI is InChI=1S/C21H27F3N6O/c1-28(12-21(22,23)24)11-14-2-4-15(5-3-14)30-13-29(9-7-25)20(31)17-10-27-19-16(18(17)30)6-8-26-19/h6,8,10,14-15,20,31H,2-5,9,11-13H2,1H3,(H,26,27)/t14-,15-,20?. The van der Waals surface area contributed by atoms with Crippen LogP contribution in [0, 0.1) is 17.2 Å². The summed E-state index contributed by atoms with van der Waals surface area (Å²) in [4.78, 5) is 12.8. The van der Waals surface area contributed by atoms with E-state index in [0.29, 0.717) is 18.8 Å². The Labute approximate surface area is 179 Å². The Bertz CT molecular complexity index is 947. The average Bonchev–Trinajstić information content (AvgIpc) is 3.18. The molecule has 0 spiro atoms. The van der Waals surface area contributed by atoms with E-state index >= 15 is 0 Å². The quantitative estimate of drug-likeness (QED) is 0.701. The van der Waals surface area contributed by atoms with E-state index in [2.05, 4.69) is 20.9 Å². The molecule has 3 heterocycles. The summed E-state index contributed by atoms with van der Waals surface area (Å²) in [6.07, 6.45) is 1.81. The lowest BCUT2D eigenvalue weighted by atomic mass is 9.84. The summed E-state index contributed by atoms with van der Waals surface area (Å²) in [6, 6.07) is 4.25. The van der Waals surface area contributed by atoms with Crippen molar-refractivity contribution in [3.63, 3.8) is 0 Å². The SMILES string of the molecule is CN(CC(F)(F)F)C[C@H]1CC[C@H](N2CN(CC#N)C(O)c3cnc4[nH]ccc4c32)CC1. The van der Waals surface area contributed by atoms with Crippen LogP contribution in [0.3, 0.4) is 0 Å². The molecular formula is C21H27F3N6O. The van der Waals surface area contributed by atoms with Crippen molar-refractivity contribution in [2.24, 2.45) is 5.92 Å². The Morgan fingerprint density at radius 3 is 2.74 bits per heavy atom. The molecule has 1 fully saturated rings. The van der Waals surface area contributed by atoms with Crippen molar-refractivity contribution in [3.05, 3.63) is 24.0 Å². The molecule has 168 valence electrons. The molecule has 2 aliphatic rings. The Hall–Kier alpha value is -2.35. The Morgan fingerprint density at radius 2 is 2.06 bits per heavy atom. The third-order valence-electron chi connectivity index (χ3n) is 6.38. The number of nitriles is 1. The smallest absolute Gasteiger partial charge is 0.374 e. The third-order valence-corrected chi connectivity index (χ3v) is 6.38. The molecule has 7 nitrogen and oxygen atoms in total. The van der Waals surface area contributed by atoms with Gasteiger partial charge in [0.15, 0.2) is 0 Å². The van der Waals surface area contributed by atoms with Crippen molar-refractivity contribution in [1.29, 1.82) is 5.26 Å². The van der Waals surface area contributed by atoms with Crippen LogP contribution in [0.25, 0.3) is 11.0 Å². The first-order chi connectivity index (χ1) is 14.8. The average molecular weight is 436 g/mol. The van der Waals surface area contributed by atoms with E-state index in [9.17, 15) is 23.5 Å². The van der Waals surface area contributed by atoms with E-state index in [1.54, 1.807) is 11.1 Å². The number of rotatable bonds is 5. The zero-order valence-electron chi connectivity index (χ0n) is 17.4. The van der Waals surface area contributed by atoms with Gasteiger partial charge in [-0.1, -0.05) is 0 Å². The molecule has 1 unspecified atom stereocenters. The molecule has 1 saturated carbocycles. The molecule has 0 bridgehead atoms. The summed E-state index contributed by atoms with van der Waals surface area (Å²) < 4.78 is 37.9. The Kier molecular flexibility index (Phi) is 6.10. The van der Waals surface area contributed by atoms with Gasteiger partial charge in [-0.15, -0.1) is 0 Å². The first kappa shape index (κ1) is 21.9. The minimum atomic E-state index is -4.18. The van der Waals surface area contributed by atoms with Crippen LogP contribution < -0.4 is 4.90 Å². The molecule has 2 aromatic heterocycles. The van der Waals surface area contributed by atoms with Crippen molar-refractivity contribution in [2.75, 3.05) is 38.3 Å². The number of aliphatic hydroxyl groups is 1. The van der Waals surface area contributed by atoms with E-state index in [4.69, 9.17) is 0 Å². The minimum absolute atomic E-state index is 0.0971. The first-order valence-corrected chi connectivity index (χ1v) is 10.5. The summed E-state index contributed by atoms with van der Waals surface area (Å²) in [6.45, 7) is 0.0785. The van der Waals surface area contributed by atoms with Crippen molar-refractivity contribution < 1.29 is 18.3 Å². The summed E-state index contributed by atoms with van der Waals surface area (Å²) in [5.41, 5.74) is 2.36. The molecule has 0 amide bonds. The number of H-pyrrole nitrogens is 1. The van der Waals surface area contributed by atoms with Gasteiger partial charge in [0.25, 0.3) is 0 Å². The number of alkyl halides is 3. The van der Waals surface area contributed by atoms with Gasteiger partial charge in [0.05, 0.1) is 31.5 Å². The fourth-order valence-corrected chi connectivity index (χ4v) is 5.04. The van der Waals surface area contributed by atoms with Gasteiger partial charge in [0.1, 0.15) is 11.9 Å². The highest BCUT2D eigenvalue weighted by molar-refractivity contribution is 5.92. The third kappa shape index (κ3) is 4.63. The van der Waals surface area contributed by atoms with Gasteiger partial charge >= 0.3 is 6.18 Å². The molecule has 0 saturated heterocycles. The molecule has 1 aliphatic carbocycles. The van der Waals surface area contributed by atoms with Gasteiger partial charge in [0, 0.05) is 35.9 Å². The molecule has 4 rings (SSSR count). The number of halogens is 3. The highest BCUT2D eigenvalue weighted by Crippen LogP contribution is 2.42. The van der Waals surface area contributed by atoms with E-state index in [1.165, 1.54) is 11.9 Å². The summed E-state index contributed by atoms with van der Waals surface area (Å²) in [5, 5.41) is 20.9. The van der Waals surface area contributed by atoms with Crippen LogP contribution in [-0.2, 0) is 0 Å². The predicted molar refractivity (Wildman–Crippen MR) is 110 cm³/mol. The van der Waals surface area contributed by atoms with E-state index < -0.39 is 18.9 Å². The van der Waals surface area contributed by atoms with Crippen molar-refractivity contribution in [2.45, 2.75) is 44.1 Å². The van der Waals surface area contributed by atoms with E-state index in [0.717, 1.165) is 42.4 Å². The number of fused-ring (bicyclic) bond motifs is 3. The number of anilines is 1. The molecule has 0 aromatic carbocycles. The number of aromatic amines is 1. The van der Waals surface area contributed by atoms with Crippen LogP contribution in [0.2, 0.25) is 0 Å². The number of nitrogens with zero attached hydrogens (tertiary/aromatic N) is 5. The lowest BCUT2D eigenvalue weighted by Crippen LogP contribution is -2.51. The van der Waals surface area contributed by atoms with Crippen LogP contribution in [-0.4, -0.2) is 70.4 Å². The van der Waals surface area contributed by atoms with E-state index in [1.807, 2.05) is 12.3 Å². The Morgan fingerprint density at radius 1 is 1.32 bits per heavy atom. The van der Waals surface area contributed by atoms with Crippen LogP contribution in [0.1, 0.15) is 37.5 Å². The number of hydrogen-bond acceptors (Lipinski definition) is 6. The predicted octanol–water partition coefficient (Wildman–Crippen LogP) is 3.21. The van der Waals surface area contributed by atoms with Gasteiger partial charge < -0.3 is 15.0 Å². The molecule has 1 atom stereocenters. The zero-order valence-corrected chi connectivity index (χ0v) is 17.4. The lowest BCUT2D eigenvalue weighted by molar-refractivity contribution is -0.144.